The number of hydrogen-bond acceptors (Lipinski definition) is 4. The third kappa shape index (κ3) is 5.47. The number of unbranched alkanes of at least 4 members (excludes halogenated alkanes) is 1. The number of aromatic amines is 1. The summed E-state index contributed by atoms with van der Waals surface area (Å²) in [4.78, 5) is 41.4. The molecule has 0 radical (unpaired) electrons. The molecule has 27 heavy (non-hydrogen) atoms. The molecule has 0 atom stereocenters. The zero-order valence-electron chi connectivity index (χ0n) is 16.8. The molecule has 1 saturated carbocycles. The fourth-order valence-corrected chi connectivity index (χ4v) is 3.90. The summed E-state index contributed by atoms with van der Waals surface area (Å²) < 4.78 is 1.35. The summed E-state index contributed by atoms with van der Waals surface area (Å²) in [7, 11) is 0. The average Bonchev–Trinajstić information content (AvgIpc) is 2.66. The second-order valence-corrected chi connectivity index (χ2v) is 7.59. The minimum atomic E-state index is -0.577. The SMILES string of the molecule is CCCCN(C(=O)CCC1CCCCC1)c1c(N)n(CCC)c(=O)[nH]c1=O. The van der Waals surface area contributed by atoms with E-state index in [0.717, 1.165) is 19.3 Å². The van der Waals surface area contributed by atoms with Crippen LogP contribution in [0.4, 0.5) is 11.5 Å². The molecule has 1 amide bonds. The molecule has 1 aromatic rings. The molecule has 0 unspecified atom stereocenters. The van der Waals surface area contributed by atoms with E-state index in [1.54, 1.807) is 0 Å². The highest BCUT2D eigenvalue weighted by Gasteiger charge is 2.24. The molecule has 1 aliphatic rings. The molecule has 0 saturated heterocycles. The lowest BCUT2D eigenvalue weighted by Gasteiger charge is -2.26. The van der Waals surface area contributed by atoms with Crippen LogP contribution in [-0.2, 0) is 11.3 Å². The van der Waals surface area contributed by atoms with Crippen molar-refractivity contribution >= 4 is 17.4 Å². The van der Waals surface area contributed by atoms with Gasteiger partial charge in [-0.1, -0.05) is 52.4 Å². The number of rotatable bonds is 9. The lowest BCUT2D eigenvalue weighted by atomic mass is 9.86. The van der Waals surface area contributed by atoms with Crippen molar-refractivity contribution in [2.24, 2.45) is 5.92 Å². The smallest absolute Gasteiger partial charge is 0.330 e. The zero-order valence-corrected chi connectivity index (χ0v) is 16.8. The monoisotopic (exact) mass is 378 g/mol. The van der Waals surface area contributed by atoms with Crippen LogP contribution >= 0.6 is 0 Å². The van der Waals surface area contributed by atoms with Gasteiger partial charge in [0.05, 0.1) is 0 Å². The van der Waals surface area contributed by atoms with E-state index in [4.69, 9.17) is 5.73 Å². The quantitative estimate of drug-likeness (QED) is 0.689. The van der Waals surface area contributed by atoms with Crippen molar-refractivity contribution in [3.63, 3.8) is 0 Å². The van der Waals surface area contributed by atoms with Crippen LogP contribution in [0.25, 0.3) is 0 Å². The Bertz CT molecular complexity index is 732. The summed E-state index contributed by atoms with van der Waals surface area (Å²) in [5, 5.41) is 0. The van der Waals surface area contributed by atoms with Crippen molar-refractivity contribution in [2.75, 3.05) is 17.2 Å². The van der Waals surface area contributed by atoms with Crippen LogP contribution in [0.3, 0.4) is 0 Å². The third-order valence-corrected chi connectivity index (χ3v) is 5.46. The number of amides is 1. The van der Waals surface area contributed by atoms with Gasteiger partial charge in [0.2, 0.25) is 5.91 Å². The third-order valence-electron chi connectivity index (χ3n) is 5.46. The van der Waals surface area contributed by atoms with E-state index in [1.807, 2.05) is 13.8 Å². The highest BCUT2D eigenvalue weighted by Crippen LogP contribution is 2.28. The number of nitrogens with zero attached hydrogens (tertiary/aromatic N) is 2. The van der Waals surface area contributed by atoms with E-state index in [0.29, 0.717) is 31.8 Å². The van der Waals surface area contributed by atoms with Crippen LogP contribution < -0.4 is 21.9 Å². The second-order valence-electron chi connectivity index (χ2n) is 7.59. The molecular formula is C20H34N4O3. The first-order chi connectivity index (χ1) is 13.0. The van der Waals surface area contributed by atoms with E-state index >= 15 is 0 Å². The van der Waals surface area contributed by atoms with Crippen molar-refractivity contribution in [3.8, 4) is 0 Å². The summed E-state index contributed by atoms with van der Waals surface area (Å²) in [5.41, 5.74) is 5.20. The Hall–Kier alpha value is -2.05. The molecular weight excluding hydrogens is 344 g/mol. The Labute approximate surface area is 160 Å². The van der Waals surface area contributed by atoms with Crippen LogP contribution in [0.2, 0.25) is 0 Å². The maximum Gasteiger partial charge on any atom is 0.330 e. The van der Waals surface area contributed by atoms with Crippen molar-refractivity contribution < 1.29 is 4.79 Å². The van der Waals surface area contributed by atoms with Crippen molar-refractivity contribution in [1.29, 1.82) is 0 Å². The average molecular weight is 379 g/mol. The Balaban J connectivity index is 2.26. The van der Waals surface area contributed by atoms with Gasteiger partial charge in [0.1, 0.15) is 5.82 Å². The van der Waals surface area contributed by atoms with Crippen LogP contribution in [0, 0.1) is 5.92 Å². The number of carbonyl (C=O) groups excluding carboxylic acids is 1. The summed E-state index contributed by atoms with van der Waals surface area (Å²) in [6, 6.07) is 0. The summed E-state index contributed by atoms with van der Waals surface area (Å²) in [5.74, 6) is 0.612. The van der Waals surface area contributed by atoms with Gasteiger partial charge in [0.15, 0.2) is 5.69 Å². The second kappa shape index (κ2) is 10.3. The van der Waals surface area contributed by atoms with Crippen molar-refractivity contribution in [3.05, 3.63) is 20.8 Å². The largest absolute Gasteiger partial charge is 0.383 e. The Morgan fingerprint density at radius 2 is 1.89 bits per heavy atom. The van der Waals surface area contributed by atoms with Gasteiger partial charge in [-0.15, -0.1) is 0 Å². The molecule has 152 valence electrons. The maximum atomic E-state index is 13.0. The topological polar surface area (TPSA) is 101 Å². The van der Waals surface area contributed by atoms with E-state index in [9.17, 15) is 14.4 Å². The normalized spacial score (nSPS) is 15.0. The first kappa shape index (κ1) is 21.3. The van der Waals surface area contributed by atoms with Gasteiger partial charge < -0.3 is 10.6 Å². The van der Waals surface area contributed by atoms with Gasteiger partial charge in [-0.05, 0) is 25.2 Å². The molecule has 3 N–H and O–H groups in total. The number of hydrogen-bond donors (Lipinski definition) is 2. The minimum absolute atomic E-state index is 0.0760. The van der Waals surface area contributed by atoms with Crippen LogP contribution in [0.1, 0.15) is 78.1 Å². The first-order valence-electron chi connectivity index (χ1n) is 10.4. The number of nitrogen functional groups attached to an aromatic ring is 1. The first-order valence-corrected chi connectivity index (χ1v) is 10.4. The zero-order chi connectivity index (χ0) is 19.8. The Kier molecular flexibility index (Phi) is 8.13. The molecule has 0 aliphatic heterocycles. The molecule has 7 heteroatoms. The van der Waals surface area contributed by atoms with Crippen molar-refractivity contribution in [2.45, 2.75) is 84.6 Å². The molecule has 1 heterocycles. The number of H-pyrrole nitrogens is 1. The van der Waals surface area contributed by atoms with Crippen LogP contribution in [0.15, 0.2) is 9.59 Å². The number of nitrogens with one attached hydrogen (secondary N) is 1. The van der Waals surface area contributed by atoms with Crippen LogP contribution in [0.5, 0.6) is 0 Å². The summed E-state index contributed by atoms with van der Waals surface area (Å²) >= 11 is 0. The molecule has 0 spiro atoms. The molecule has 0 aromatic carbocycles. The lowest BCUT2D eigenvalue weighted by molar-refractivity contribution is -0.119. The van der Waals surface area contributed by atoms with Gasteiger partial charge in [-0.2, -0.15) is 0 Å². The number of nitrogens with two attached hydrogens (primary N) is 1. The van der Waals surface area contributed by atoms with E-state index < -0.39 is 11.2 Å². The fourth-order valence-electron chi connectivity index (χ4n) is 3.90. The van der Waals surface area contributed by atoms with Gasteiger partial charge in [0.25, 0.3) is 5.56 Å². The fraction of sp³-hybridized carbons (Fsp3) is 0.750. The minimum Gasteiger partial charge on any atom is -0.383 e. The Morgan fingerprint density at radius 3 is 2.52 bits per heavy atom. The molecule has 1 aromatic heterocycles. The number of aromatic nitrogens is 2. The highest BCUT2D eigenvalue weighted by atomic mass is 16.2. The van der Waals surface area contributed by atoms with E-state index in [2.05, 4.69) is 4.98 Å². The standard InChI is InChI=1S/C20H34N4O3/c1-3-5-14-23(16(25)12-11-15-9-7-6-8-10-15)17-18(21)24(13-4-2)20(27)22-19(17)26/h15H,3-14,21H2,1-2H3,(H,22,26,27). The predicted molar refractivity (Wildman–Crippen MR) is 109 cm³/mol. The number of carbonyl (C=O) groups is 1. The van der Waals surface area contributed by atoms with E-state index in [-0.39, 0.29) is 17.4 Å². The van der Waals surface area contributed by atoms with Gasteiger partial charge in [-0.25, -0.2) is 4.79 Å². The molecule has 1 aliphatic carbocycles. The van der Waals surface area contributed by atoms with Crippen LogP contribution in [-0.4, -0.2) is 22.0 Å². The predicted octanol–water partition coefficient (Wildman–Crippen LogP) is 3.02. The number of anilines is 2. The van der Waals surface area contributed by atoms with Gasteiger partial charge in [-0.3, -0.25) is 19.1 Å². The van der Waals surface area contributed by atoms with E-state index in [1.165, 1.54) is 41.6 Å². The highest BCUT2D eigenvalue weighted by molar-refractivity contribution is 5.95. The van der Waals surface area contributed by atoms with Crippen molar-refractivity contribution in [1.82, 2.24) is 9.55 Å². The van der Waals surface area contributed by atoms with Gasteiger partial charge >= 0.3 is 5.69 Å². The Morgan fingerprint density at radius 1 is 1.19 bits per heavy atom. The molecule has 1 fully saturated rings. The lowest BCUT2D eigenvalue weighted by Crippen LogP contribution is -2.41. The summed E-state index contributed by atoms with van der Waals surface area (Å²) in [6.45, 7) is 4.82. The molecule has 2 rings (SSSR count). The maximum absolute atomic E-state index is 13.0. The molecule has 0 bridgehead atoms. The molecule has 7 nitrogen and oxygen atoms in total. The summed E-state index contributed by atoms with van der Waals surface area (Å²) in [6.07, 6.45) is 9.81. The van der Waals surface area contributed by atoms with Gasteiger partial charge in [0, 0.05) is 19.5 Å².